The van der Waals surface area contributed by atoms with Gasteiger partial charge in [-0.25, -0.2) is 15.0 Å². The average Bonchev–Trinajstić information content (AvgIpc) is 3.84. The smallest absolute Gasteiger partial charge is 0.164 e. The van der Waals surface area contributed by atoms with Crippen molar-refractivity contribution in [1.29, 1.82) is 0 Å². The van der Waals surface area contributed by atoms with E-state index in [-0.39, 0.29) is 64.0 Å². The van der Waals surface area contributed by atoms with Gasteiger partial charge in [0.15, 0.2) is 17.5 Å². The number of para-hydroxylation sites is 1. The summed E-state index contributed by atoms with van der Waals surface area (Å²) in [4.78, 5) is 14.5. The van der Waals surface area contributed by atoms with Crippen LogP contribution in [0.5, 0.6) is 0 Å². The summed E-state index contributed by atoms with van der Waals surface area (Å²) in [7, 11) is 0. The predicted octanol–water partition coefficient (Wildman–Crippen LogP) is 12.5. The zero-order chi connectivity index (χ0) is 38.2. The molecule has 0 saturated heterocycles. The molecule has 3 aromatic heterocycles. The van der Waals surface area contributed by atoms with E-state index < -0.39 is 0 Å². The molecule has 10 aromatic rings. The summed E-state index contributed by atoms with van der Waals surface area (Å²) in [5.41, 5.74) is 5.54. The molecule has 0 aliphatic heterocycles. The van der Waals surface area contributed by atoms with Gasteiger partial charge in [0.25, 0.3) is 0 Å². The highest BCUT2D eigenvalue weighted by atomic mass is 32.1. The van der Waals surface area contributed by atoms with Crippen molar-refractivity contribution in [2.75, 3.05) is 0 Å². The normalized spacial score (nSPS) is 13.3. The van der Waals surface area contributed by atoms with E-state index in [9.17, 15) is 8.22 Å². The summed E-state index contributed by atoms with van der Waals surface area (Å²) in [5, 5.41) is 2.04. The van der Waals surface area contributed by atoms with Gasteiger partial charge in [-0.1, -0.05) is 127 Å². The molecule has 5 heteroatoms. The van der Waals surface area contributed by atoms with Gasteiger partial charge in [0, 0.05) is 47.6 Å². The number of benzene rings is 7. The van der Waals surface area contributed by atoms with E-state index in [2.05, 4.69) is 0 Å². The lowest BCUT2D eigenvalue weighted by atomic mass is 9.98. The molecule has 10 rings (SSSR count). The molecule has 0 fully saturated rings. The molecule has 0 N–H and O–H groups in total. The van der Waals surface area contributed by atoms with Crippen molar-refractivity contribution in [1.82, 2.24) is 15.0 Å². The fourth-order valence-corrected chi connectivity index (χ4v) is 7.39. The number of nitrogens with zero attached hydrogens (tertiary/aromatic N) is 3. The predicted molar refractivity (Wildman–Crippen MR) is 207 cm³/mol. The van der Waals surface area contributed by atoms with Crippen molar-refractivity contribution in [3.63, 3.8) is 0 Å². The minimum absolute atomic E-state index is 0.0443. The van der Waals surface area contributed by atoms with E-state index >= 15 is 0 Å². The zero-order valence-electron chi connectivity index (χ0n) is 32.3. The summed E-state index contributed by atoms with van der Waals surface area (Å²) < 4.78 is 63.0. The van der Waals surface area contributed by atoms with Crippen LogP contribution >= 0.6 is 11.3 Å². The first kappa shape index (κ1) is 23.0. The fraction of sp³-hybridized carbons (Fsp3) is 0. The molecule has 0 atom stereocenters. The maximum absolute atomic E-state index is 9.57. The molecule has 0 aliphatic rings. The van der Waals surface area contributed by atoms with Crippen LogP contribution in [0.25, 0.3) is 98.5 Å². The standard InChI is InChI=1S/C45H27N3OS/c1-3-11-28(12-4-1)30-15-9-16-32(25-30)44-46-43(29-13-5-2-6-14-29)47-45(48-44)33-21-23-35-37-26-31(22-24-40(37)50-41(35)27-33)34-18-10-20-39-42(34)36-17-7-8-19-38(36)49-39/h1-27H/i21D,22D,23D,24D,26D,27D. The minimum Gasteiger partial charge on any atom is -0.456 e. The lowest BCUT2D eigenvalue weighted by Gasteiger charge is -2.10. The van der Waals surface area contributed by atoms with Crippen molar-refractivity contribution in [2.24, 2.45) is 0 Å². The maximum Gasteiger partial charge on any atom is 0.164 e. The van der Waals surface area contributed by atoms with E-state index in [4.69, 9.17) is 19.4 Å². The molecule has 7 aromatic carbocycles. The molecule has 0 aliphatic carbocycles. The molecule has 0 radical (unpaired) electrons. The van der Waals surface area contributed by atoms with Crippen molar-refractivity contribution >= 4 is 53.4 Å². The number of fused-ring (bicyclic) bond motifs is 6. The Hall–Kier alpha value is -6.43. The minimum atomic E-state index is -0.276. The molecule has 0 amide bonds. The highest BCUT2D eigenvalue weighted by Gasteiger charge is 2.16. The molecule has 234 valence electrons. The third kappa shape index (κ3) is 4.87. The summed E-state index contributed by atoms with van der Waals surface area (Å²) in [6.45, 7) is 0. The van der Waals surface area contributed by atoms with Crippen LogP contribution in [0.3, 0.4) is 0 Å². The first-order valence-corrected chi connectivity index (χ1v) is 16.9. The van der Waals surface area contributed by atoms with Gasteiger partial charge >= 0.3 is 0 Å². The van der Waals surface area contributed by atoms with Crippen molar-refractivity contribution in [3.05, 3.63) is 164 Å². The Bertz CT molecular complexity index is 3220. The van der Waals surface area contributed by atoms with E-state index in [1.165, 1.54) is 0 Å². The number of rotatable bonds is 5. The maximum atomic E-state index is 9.57. The van der Waals surface area contributed by atoms with Crippen LogP contribution in [0, 0.1) is 0 Å². The largest absolute Gasteiger partial charge is 0.456 e. The number of furan rings is 1. The number of hydrogen-bond donors (Lipinski definition) is 0. The highest BCUT2D eigenvalue weighted by Crippen LogP contribution is 2.41. The summed E-state index contributed by atoms with van der Waals surface area (Å²) in [6.07, 6.45) is 0. The monoisotopic (exact) mass is 663 g/mol. The van der Waals surface area contributed by atoms with Gasteiger partial charge in [0.2, 0.25) is 0 Å². The molecule has 4 nitrogen and oxygen atoms in total. The van der Waals surface area contributed by atoms with Gasteiger partial charge in [0.05, 0.1) is 8.22 Å². The van der Waals surface area contributed by atoms with Gasteiger partial charge in [-0.2, -0.15) is 0 Å². The Morgan fingerprint density at radius 2 is 1.08 bits per heavy atom. The number of thiophene rings is 1. The highest BCUT2D eigenvalue weighted by molar-refractivity contribution is 7.25. The van der Waals surface area contributed by atoms with Gasteiger partial charge < -0.3 is 4.42 Å². The Balaban J connectivity index is 1.21. The number of aromatic nitrogens is 3. The van der Waals surface area contributed by atoms with E-state index in [0.717, 1.165) is 38.8 Å². The van der Waals surface area contributed by atoms with Crippen LogP contribution < -0.4 is 0 Å². The van der Waals surface area contributed by atoms with Gasteiger partial charge in [-0.15, -0.1) is 11.3 Å². The molecular formula is C45H27N3OS. The average molecular weight is 664 g/mol. The third-order valence-corrected chi connectivity index (χ3v) is 9.82. The Morgan fingerprint density at radius 1 is 0.440 bits per heavy atom. The van der Waals surface area contributed by atoms with Crippen LogP contribution in [-0.2, 0) is 0 Å². The SMILES string of the molecule is [2H]c1c(-c2cccc3oc4ccccc4c23)c([2H])c2c(sc3c([2H])c(-c4nc(-c5ccccc5)nc(-c5cccc(-c6ccccc6)c5)n4)c([2H])c([2H])c32)c1[2H]. The van der Waals surface area contributed by atoms with Crippen LogP contribution in [0.2, 0.25) is 0 Å². The van der Waals surface area contributed by atoms with Crippen molar-refractivity contribution in [3.8, 4) is 56.4 Å². The van der Waals surface area contributed by atoms with E-state index in [1.807, 2.05) is 121 Å². The fourth-order valence-electron chi connectivity index (χ4n) is 6.42. The Kier molecular flexibility index (Phi) is 5.35. The molecule has 0 bridgehead atoms. The van der Waals surface area contributed by atoms with Crippen LogP contribution in [0.1, 0.15) is 8.22 Å². The Morgan fingerprint density at radius 3 is 1.92 bits per heavy atom. The quantitative estimate of drug-likeness (QED) is 0.184. The summed E-state index contributed by atoms with van der Waals surface area (Å²) in [6, 6.07) is 39.4. The van der Waals surface area contributed by atoms with Crippen LogP contribution in [-0.4, -0.2) is 15.0 Å². The molecule has 0 saturated carbocycles. The number of hydrogen-bond acceptors (Lipinski definition) is 5. The molecule has 3 heterocycles. The lowest BCUT2D eigenvalue weighted by Crippen LogP contribution is -2.00. The second-order valence-corrected chi connectivity index (χ2v) is 12.9. The van der Waals surface area contributed by atoms with Crippen molar-refractivity contribution in [2.45, 2.75) is 0 Å². The molecule has 0 unspecified atom stereocenters. The lowest BCUT2D eigenvalue weighted by molar-refractivity contribution is 0.669. The van der Waals surface area contributed by atoms with Gasteiger partial charge in [-0.05, 0) is 58.6 Å². The topological polar surface area (TPSA) is 51.8 Å². The van der Waals surface area contributed by atoms with Gasteiger partial charge in [0.1, 0.15) is 11.2 Å². The molecule has 50 heavy (non-hydrogen) atoms. The zero-order valence-corrected chi connectivity index (χ0v) is 27.1. The summed E-state index contributed by atoms with van der Waals surface area (Å²) >= 11 is 1.08. The Labute approximate surface area is 300 Å². The van der Waals surface area contributed by atoms with Gasteiger partial charge in [-0.3, -0.25) is 0 Å². The van der Waals surface area contributed by atoms with Crippen molar-refractivity contribution < 1.29 is 12.6 Å². The second kappa shape index (κ2) is 11.6. The van der Waals surface area contributed by atoms with Crippen LogP contribution in [0.15, 0.2) is 168 Å². The van der Waals surface area contributed by atoms with E-state index in [0.29, 0.717) is 43.3 Å². The third-order valence-electron chi connectivity index (χ3n) is 8.80. The summed E-state index contributed by atoms with van der Waals surface area (Å²) in [5.74, 6) is 0.767. The molecule has 0 spiro atoms. The van der Waals surface area contributed by atoms with E-state index in [1.54, 1.807) is 6.07 Å². The first-order valence-electron chi connectivity index (χ1n) is 19.1. The molecular weight excluding hydrogens is 631 g/mol. The second-order valence-electron chi connectivity index (χ2n) is 11.9. The van der Waals surface area contributed by atoms with Crippen LogP contribution in [0.4, 0.5) is 0 Å². The first-order chi connectivity index (χ1) is 27.3.